The van der Waals surface area contributed by atoms with Crippen molar-refractivity contribution in [3.05, 3.63) is 93.7 Å². The molecule has 0 radical (unpaired) electrons. The summed E-state index contributed by atoms with van der Waals surface area (Å²) < 4.78 is 25.9. The highest BCUT2D eigenvalue weighted by Crippen LogP contribution is 2.26. The third-order valence-electron chi connectivity index (χ3n) is 4.85. The van der Waals surface area contributed by atoms with Gasteiger partial charge in [-0.2, -0.15) is 0 Å². The highest BCUT2D eigenvalue weighted by atomic mass is 32.2. The summed E-state index contributed by atoms with van der Waals surface area (Å²) in [6.45, 7) is 2.15. The van der Waals surface area contributed by atoms with Gasteiger partial charge in [-0.15, -0.1) is 11.3 Å². The van der Waals surface area contributed by atoms with E-state index >= 15 is 0 Å². The molecule has 1 amide bonds. The Morgan fingerprint density at radius 3 is 2.35 bits per heavy atom. The van der Waals surface area contributed by atoms with Crippen LogP contribution in [0.1, 0.15) is 41.0 Å². The molecule has 0 spiro atoms. The summed E-state index contributed by atoms with van der Waals surface area (Å²) in [5.41, 5.74) is 3.05. The largest absolute Gasteiger partial charge is 0.341 e. The number of hydrogen-bond acceptors (Lipinski definition) is 4. The van der Waals surface area contributed by atoms with Crippen molar-refractivity contribution in [2.24, 2.45) is 0 Å². The van der Waals surface area contributed by atoms with Crippen LogP contribution in [0.25, 0.3) is 6.08 Å². The van der Waals surface area contributed by atoms with Crippen LogP contribution in [0.4, 0.5) is 0 Å². The first-order valence-corrected chi connectivity index (χ1v) is 12.4. The van der Waals surface area contributed by atoms with Crippen LogP contribution in [-0.2, 0) is 21.2 Å². The summed E-state index contributed by atoms with van der Waals surface area (Å²) in [4.78, 5) is 13.9. The molecule has 0 fully saturated rings. The minimum absolute atomic E-state index is 0.181. The normalized spacial score (nSPS) is 12.7. The van der Waals surface area contributed by atoms with Crippen LogP contribution in [0.3, 0.4) is 0 Å². The van der Waals surface area contributed by atoms with Crippen molar-refractivity contribution in [2.75, 3.05) is 7.05 Å². The van der Waals surface area contributed by atoms with Crippen molar-refractivity contribution in [1.29, 1.82) is 0 Å². The van der Waals surface area contributed by atoms with E-state index in [1.54, 1.807) is 29.5 Å². The number of hydrogen-bond donors (Lipinski definition) is 2. The molecule has 31 heavy (non-hydrogen) atoms. The predicted octanol–water partition coefficient (Wildman–Crippen LogP) is 4.53. The van der Waals surface area contributed by atoms with Gasteiger partial charge in [0.05, 0.1) is 10.9 Å². The topological polar surface area (TPSA) is 75.3 Å². The SMILES string of the molecule is CCCc1ccc(C(NC(=O)/C=C/c2ccc(S(=O)(=O)NC)cc2)c2cccs2)cc1. The van der Waals surface area contributed by atoms with Crippen molar-refractivity contribution in [1.82, 2.24) is 10.0 Å². The Morgan fingerprint density at radius 2 is 1.77 bits per heavy atom. The molecule has 0 saturated carbocycles. The van der Waals surface area contributed by atoms with Crippen LogP contribution in [-0.4, -0.2) is 21.4 Å². The molecule has 3 rings (SSSR count). The summed E-state index contributed by atoms with van der Waals surface area (Å²) in [6, 6.07) is 18.5. The number of nitrogens with one attached hydrogen (secondary N) is 2. The summed E-state index contributed by atoms with van der Waals surface area (Å²) in [5.74, 6) is -0.219. The molecule has 1 unspecified atom stereocenters. The molecule has 0 saturated heterocycles. The zero-order chi connectivity index (χ0) is 22.3. The Bertz CT molecular complexity index is 1120. The second kappa shape index (κ2) is 10.5. The quantitative estimate of drug-likeness (QED) is 0.467. The first kappa shape index (κ1) is 22.9. The molecule has 7 heteroatoms. The Labute approximate surface area is 187 Å². The average molecular weight is 455 g/mol. The van der Waals surface area contributed by atoms with E-state index in [0.29, 0.717) is 0 Å². The van der Waals surface area contributed by atoms with Crippen LogP contribution in [0.5, 0.6) is 0 Å². The van der Waals surface area contributed by atoms with E-state index in [1.165, 1.54) is 30.8 Å². The standard InChI is InChI=1S/C24H26N2O3S2/c1-3-5-18-7-12-20(13-8-18)24(22-6-4-17-30-22)26-23(27)16-11-19-9-14-21(15-10-19)31(28,29)25-2/h4,6-17,24-25H,3,5H2,1-2H3,(H,26,27)/b16-11+. The van der Waals surface area contributed by atoms with Crippen LogP contribution < -0.4 is 10.0 Å². The number of carbonyl (C=O) groups excluding carboxylic acids is 1. The lowest BCUT2D eigenvalue weighted by Gasteiger charge is -2.17. The monoisotopic (exact) mass is 454 g/mol. The number of rotatable bonds is 9. The van der Waals surface area contributed by atoms with Crippen molar-refractivity contribution in [3.63, 3.8) is 0 Å². The van der Waals surface area contributed by atoms with Crippen molar-refractivity contribution in [2.45, 2.75) is 30.7 Å². The molecule has 1 atom stereocenters. The molecule has 2 aromatic carbocycles. The molecular weight excluding hydrogens is 428 g/mol. The van der Waals surface area contributed by atoms with Gasteiger partial charge in [-0.1, -0.05) is 55.8 Å². The molecule has 1 aromatic heterocycles. The van der Waals surface area contributed by atoms with E-state index in [0.717, 1.165) is 28.8 Å². The number of aryl methyl sites for hydroxylation is 1. The second-order valence-electron chi connectivity index (χ2n) is 7.06. The van der Waals surface area contributed by atoms with Gasteiger partial charge < -0.3 is 5.32 Å². The number of carbonyl (C=O) groups is 1. The number of thiophene rings is 1. The number of benzene rings is 2. The fraction of sp³-hybridized carbons (Fsp3) is 0.208. The number of sulfonamides is 1. The minimum Gasteiger partial charge on any atom is -0.341 e. The lowest BCUT2D eigenvalue weighted by molar-refractivity contribution is -0.116. The first-order valence-electron chi connectivity index (χ1n) is 10.1. The van der Waals surface area contributed by atoms with E-state index in [2.05, 4.69) is 41.2 Å². The Morgan fingerprint density at radius 1 is 1.06 bits per heavy atom. The summed E-state index contributed by atoms with van der Waals surface area (Å²) in [6.07, 6.45) is 5.26. The van der Waals surface area contributed by atoms with Gasteiger partial charge >= 0.3 is 0 Å². The van der Waals surface area contributed by atoms with E-state index in [1.807, 2.05) is 17.5 Å². The van der Waals surface area contributed by atoms with Gasteiger partial charge in [0.1, 0.15) is 0 Å². The Hall–Kier alpha value is -2.74. The smallest absolute Gasteiger partial charge is 0.244 e. The zero-order valence-electron chi connectivity index (χ0n) is 17.5. The molecule has 5 nitrogen and oxygen atoms in total. The highest BCUT2D eigenvalue weighted by Gasteiger charge is 2.17. The Kier molecular flexibility index (Phi) is 7.79. The molecule has 162 valence electrons. The maximum atomic E-state index is 12.6. The molecule has 1 heterocycles. The summed E-state index contributed by atoms with van der Waals surface area (Å²) >= 11 is 1.60. The summed E-state index contributed by atoms with van der Waals surface area (Å²) in [5, 5.41) is 5.08. The third kappa shape index (κ3) is 6.13. The molecule has 3 aromatic rings. The van der Waals surface area contributed by atoms with Crippen LogP contribution in [0.2, 0.25) is 0 Å². The Balaban J connectivity index is 1.73. The third-order valence-corrected chi connectivity index (χ3v) is 7.22. The molecular formula is C24H26N2O3S2. The molecule has 0 bridgehead atoms. The average Bonchev–Trinajstić information content (AvgIpc) is 3.32. The van der Waals surface area contributed by atoms with E-state index in [9.17, 15) is 13.2 Å². The van der Waals surface area contributed by atoms with Crippen LogP contribution in [0.15, 0.2) is 77.0 Å². The van der Waals surface area contributed by atoms with Gasteiger partial charge in [0.25, 0.3) is 0 Å². The maximum Gasteiger partial charge on any atom is 0.244 e. The van der Waals surface area contributed by atoms with Crippen molar-refractivity contribution < 1.29 is 13.2 Å². The van der Waals surface area contributed by atoms with Gasteiger partial charge in [-0.3, -0.25) is 4.79 Å². The van der Waals surface area contributed by atoms with Crippen molar-refractivity contribution in [3.8, 4) is 0 Å². The predicted molar refractivity (Wildman–Crippen MR) is 126 cm³/mol. The van der Waals surface area contributed by atoms with E-state index in [-0.39, 0.29) is 16.8 Å². The first-order chi connectivity index (χ1) is 14.9. The van der Waals surface area contributed by atoms with E-state index < -0.39 is 10.0 Å². The minimum atomic E-state index is -3.48. The molecule has 0 aliphatic rings. The molecule has 0 aliphatic heterocycles. The zero-order valence-corrected chi connectivity index (χ0v) is 19.2. The fourth-order valence-electron chi connectivity index (χ4n) is 3.18. The molecule has 2 N–H and O–H groups in total. The lowest BCUT2D eigenvalue weighted by atomic mass is 10.0. The maximum absolute atomic E-state index is 12.6. The molecule has 0 aliphatic carbocycles. The van der Waals surface area contributed by atoms with E-state index in [4.69, 9.17) is 0 Å². The lowest BCUT2D eigenvalue weighted by Crippen LogP contribution is -2.27. The van der Waals surface area contributed by atoms with Crippen molar-refractivity contribution >= 4 is 33.3 Å². The van der Waals surface area contributed by atoms with Gasteiger partial charge in [-0.25, -0.2) is 13.1 Å². The van der Waals surface area contributed by atoms with Gasteiger partial charge in [0, 0.05) is 11.0 Å². The summed E-state index contributed by atoms with van der Waals surface area (Å²) in [7, 11) is -2.11. The van der Waals surface area contributed by atoms with Gasteiger partial charge in [0.15, 0.2) is 0 Å². The number of amides is 1. The fourth-order valence-corrected chi connectivity index (χ4v) is 4.71. The van der Waals surface area contributed by atoms with Gasteiger partial charge in [-0.05, 0) is 59.8 Å². The van der Waals surface area contributed by atoms with Gasteiger partial charge in [0.2, 0.25) is 15.9 Å². The highest BCUT2D eigenvalue weighted by molar-refractivity contribution is 7.89. The second-order valence-corrected chi connectivity index (χ2v) is 9.92. The van der Waals surface area contributed by atoms with Crippen LogP contribution >= 0.6 is 11.3 Å². The van der Waals surface area contributed by atoms with Crippen LogP contribution in [0, 0.1) is 0 Å².